The number of rotatable bonds is 4. The molecule has 0 amide bonds. The quantitative estimate of drug-likeness (QED) is 0.693. The van der Waals surface area contributed by atoms with E-state index in [2.05, 4.69) is 0 Å². The van der Waals surface area contributed by atoms with Crippen LogP contribution in [-0.4, -0.2) is 22.7 Å². The standard InChI is InChI=1S/C11H15NO3/c1-11(6-7-12,10(14)15)8-2-4-9(13)5-3-8/h2-5,13H,6-7,12H2,1H3,(H,14,15). The Hall–Kier alpha value is -1.55. The second kappa shape index (κ2) is 4.31. The van der Waals surface area contributed by atoms with E-state index < -0.39 is 11.4 Å². The van der Waals surface area contributed by atoms with Crippen molar-refractivity contribution in [1.29, 1.82) is 0 Å². The van der Waals surface area contributed by atoms with Crippen LogP contribution in [0.2, 0.25) is 0 Å². The van der Waals surface area contributed by atoms with Gasteiger partial charge in [-0.05, 0) is 37.6 Å². The molecule has 0 saturated carbocycles. The summed E-state index contributed by atoms with van der Waals surface area (Å²) in [5.41, 5.74) is 5.07. The Labute approximate surface area is 88.3 Å². The lowest BCUT2D eigenvalue weighted by Gasteiger charge is -2.24. The van der Waals surface area contributed by atoms with Gasteiger partial charge in [-0.25, -0.2) is 0 Å². The summed E-state index contributed by atoms with van der Waals surface area (Å²) in [5, 5.41) is 18.3. The molecule has 0 fully saturated rings. The van der Waals surface area contributed by atoms with Gasteiger partial charge < -0.3 is 15.9 Å². The van der Waals surface area contributed by atoms with E-state index in [1.165, 1.54) is 12.1 Å². The smallest absolute Gasteiger partial charge is 0.313 e. The molecule has 4 nitrogen and oxygen atoms in total. The van der Waals surface area contributed by atoms with Crippen molar-refractivity contribution in [3.63, 3.8) is 0 Å². The predicted molar refractivity (Wildman–Crippen MR) is 56.8 cm³/mol. The predicted octanol–water partition coefficient (Wildman–Crippen LogP) is 1.08. The number of hydrogen-bond donors (Lipinski definition) is 3. The van der Waals surface area contributed by atoms with E-state index in [4.69, 9.17) is 15.9 Å². The number of aliphatic carboxylic acids is 1. The third kappa shape index (κ3) is 2.27. The molecule has 1 aromatic rings. The first-order valence-corrected chi connectivity index (χ1v) is 4.73. The molecule has 4 heteroatoms. The molecule has 1 aromatic carbocycles. The SMILES string of the molecule is CC(CCN)(C(=O)O)c1ccc(O)cc1. The number of aromatic hydroxyl groups is 1. The highest BCUT2D eigenvalue weighted by Crippen LogP contribution is 2.28. The molecular formula is C11H15NO3. The van der Waals surface area contributed by atoms with Crippen LogP contribution in [0.15, 0.2) is 24.3 Å². The Bertz CT molecular complexity index is 347. The molecule has 0 aliphatic heterocycles. The first-order valence-electron chi connectivity index (χ1n) is 4.73. The Morgan fingerprint density at radius 3 is 2.33 bits per heavy atom. The van der Waals surface area contributed by atoms with Gasteiger partial charge in [0.15, 0.2) is 0 Å². The van der Waals surface area contributed by atoms with E-state index in [0.29, 0.717) is 18.5 Å². The van der Waals surface area contributed by atoms with E-state index in [-0.39, 0.29) is 5.75 Å². The molecule has 0 aromatic heterocycles. The van der Waals surface area contributed by atoms with Crippen LogP contribution in [0.25, 0.3) is 0 Å². The summed E-state index contributed by atoms with van der Waals surface area (Å²) in [6.07, 6.45) is 0.368. The van der Waals surface area contributed by atoms with Crippen LogP contribution in [0.5, 0.6) is 5.75 Å². The van der Waals surface area contributed by atoms with Crippen molar-refractivity contribution >= 4 is 5.97 Å². The molecule has 0 spiro atoms. The van der Waals surface area contributed by atoms with Crippen LogP contribution in [0.3, 0.4) is 0 Å². The monoisotopic (exact) mass is 209 g/mol. The number of carboxylic acids is 1. The number of hydrogen-bond acceptors (Lipinski definition) is 3. The van der Waals surface area contributed by atoms with Gasteiger partial charge in [0.2, 0.25) is 0 Å². The zero-order chi connectivity index (χ0) is 11.5. The van der Waals surface area contributed by atoms with Gasteiger partial charge in [-0.2, -0.15) is 0 Å². The van der Waals surface area contributed by atoms with Crippen LogP contribution < -0.4 is 5.73 Å². The highest BCUT2D eigenvalue weighted by atomic mass is 16.4. The number of phenols is 1. The molecule has 82 valence electrons. The molecule has 1 rings (SSSR count). The molecule has 15 heavy (non-hydrogen) atoms. The summed E-state index contributed by atoms with van der Waals surface area (Å²) >= 11 is 0. The molecule has 1 unspecified atom stereocenters. The fourth-order valence-electron chi connectivity index (χ4n) is 1.49. The van der Waals surface area contributed by atoms with Crippen molar-refractivity contribution < 1.29 is 15.0 Å². The molecule has 0 aliphatic carbocycles. The number of nitrogens with two attached hydrogens (primary N) is 1. The average molecular weight is 209 g/mol. The normalized spacial score (nSPS) is 14.5. The van der Waals surface area contributed by atoms with Crippen molar-refractivity contribution in [1.82, 2.24) is 0 Å². The largest absolute Gasteiger partial charge is 0.508 e. The zero-order valence-corrected chi connectivity index (χ0v) is 8.60. The molecule has 1 atom stereocenters. The molecule has 0 aliphatic rings. The summed E-state index contributed by atoms with van der Waals surface area (Å²) in [5.74, 6) is -0.780. The minimum Gasteiger partial charge on any atom is -0.508 e. The fourth-order valence-corrected chi connectivity index (χ4v) is 1.49. The van der Waals surface area contributed by atoms with Crippen LogP contribution in [-0.2, 0) is 10.2 Å². The average Bonchev–Trinajstić information content (AvgIpc) is 2.18. The highest BCUT2D eigenvalue weighted by molar-refractivity contribution is 5.80. The van der Waals surface area contributed by atoms with Gasteiger partial charge >= 0.3 is 5.97 Å². The van der Waals surface area contributed by atoms with Crippen LogP contribution >= 0.6 is 0 Å². The highest BCUT2D eigenvalue weighted by Gasteiger charge is 2.34. The fraction of sp³-hybridized carbons (Fsp3) is 0.364. The first kappa shape index (κ1) is 11.5. The van der Waals surface area contributed by atoms with Gasteiger partial charge in [-0.15, -0.1) is 0 Å². The molecule has 0 saturated heterocycles. The van der Waals surface area contributed by atoms with Gasteiger partial charge in [0.25, 0.3) is 0 Å². The maximum atomic E-state index is 11.2. The van der Waals surface area contributed by atoms with Gasteiger partial charge in [0, 0.05) is 0 Å². The summed E-state index contributed by atoms with van der Waals surface area (Å²) < 4.78 is 0. The molecule has 4 N–H and O–H groups in total. The summed E-state index contributed by atoms with van der Waals surface area (Å²) in [4.78, 5) is 11.2. The topological polar surface area (TPSA) is 83.6 Å². The van der Waals surface area contributed by atoms with Gasteiger partial charge in [0.1, 0.15) is 5.75 Å². The minimum absolute atomic E-state index is 0.124. The number of phenolic OH excluding ortho intramolecular Hbond substituents is 1. The van der Waals surface area contributed by atoms with Gasteiger partial charge in [0.05, 0.1) is 5.41 Å². The van der Waals surface area contributed by atoms with Crippen LogP contribution in [0, 0.1) is 0 Å². The lowest BCUT2D eigenvalue weighted by Crippen LogP contribution is -2.34. The van der Waals surface area contributed by atoms with Crippen molar-refractivity contribution in [2.24, 2.45) is 5.73 Å². The van der Waals surface area contributed by atoms with E-state index in [1.807, 2.05) is 0 Å². The van der Waals surface area contributed by atoms with Crippen LogP contribution in [0.1, 0.15) is 18.9 Å². The van der Waals surface area contributed by atoms with Crippen LogP contribution in [0.4, 0.5) is 0 Å². The van der Waals surface area contributed by atoms with E-state index >= 15 is 0 Å². The number of benzene rings is 1. The molecule has 0 heterocycles. The maximum Gasteiger partial charge on any atom is 0.313 e. The third-order valence-electron chi connectivity index (χ3n) is 2.62. The second-order valence-electron chi connectivity index (χ2n) is 3.72. The second-order valence-corrected chi connectivity index (χ2v) is 3.72. The van der Waals surface area contributed by atoms with E-state index in [1.54, 1.807) is 19.1 Å². The van der Waals surface area contributed by atoms with Crippen molar-refractivity contribution in [2.75, 3.05) is 6.54 Å². The number of carboxylic acid groups (broad SMARTS) is 1. The molecule has 0 bridgehead atoms. The Morgan fingerprint density at radius 2 is 1.93 bits per heavy atom. The first-order chi connectivity index (χ1) is 7.00. The number of carbonyl (C=O) groups is 1. The third-order valence-corrected chi connectivity index (χ3v) is 2.62. The van der Waals surface area contributed by atoms with Crippen molar-refractivity contribution in [3.05, 3.63) is 29.8 Å². The van der Waals surface area contributed by atoms with E-state index in [0.717, 1.165) is 0 Å². The van der Waals surface area contributed by atoms with Gasteiger partial charge in [-0.1, -0.05) is 12.1 Å². The Balaban J connectivity index is 3.09. The van der Waals surface area contributed by atoms with Crippen molar-refractivity contribution in [2.45, 2.75) is 18.8 Å². The zero-order valence-electron chi connectivity index (χ0n) is 8.60. The van der Waals surface area contributed by atoms with Crippen molar-refractivity contribution in [3.8, 4) is 5.75 Å². The summed E-state index contributed by atoms with van der Waals surface area (Å²) in [6, 6.07) is 6.18. The Morgan fingerprint density at radius 1 is 1.40 bits per heavy atom. The summed E-state index contributed by atoms with van der Waals surface area (Å²) in [7, 11) is 0. The summed E-state index contributed by atoms with van der Waals surface area (Å²) in [6.45, 7) is 1.94. The maximum absolute atomic E-state index is 11.2. The lowest BCUT2D eigenvalue weighted by molar-refractivity contribution is -0.143. The molecular weight excluding hydrogens is 194 g/mol. The van der Waals surface area contributed by atoms with E-state index in [9.17, 15) is 4.79 Å². The Kier molecular flexibility index (Phi) is 3.31. The van der Waals surface area contributed by atoms with Gasteiger partial charge in [-0.3, -0.25) is 4.79 Å². The lowest BCUT2D eigenvalue weighted by atomic mass is 9.79. The molecule has 0 radical (unpaired) electrons. The minimum atomic E-state index is -0.984.